The molecule has 104 valence electrons. The Morgan fingerprint density at radius 2 is 2.21 bits per heavy atom. The summed E-state index contributed by atoms with van der Waals surface area (Å²) in [7, 11) is 0. The summed E-state index contributed by atoms with van der Waals surface area (Å²) in [6, 6.07) is 3.85. The lowest BCUT2D eigenvalue weighted by Crippen LogP contribution is -2.53. The normalized spacial score (nSPS) is 22.3. The van der Waals surface area contributed by atoms with Gasteiger partial charge >= 0.3 is 0 Å². The molecular weight excluding hydrogens is 247 g/mol. The number of ether oxygens (including phenoxy) is 1. The second-order valence-electron chi connectivity index (χ2n) is 5.61. The quantitative estimate of drug-likeness (QED) is 0.791. The molecule has 0 bridgehead atoms. The summed E-state index contributed by atoms with van der Waals surface area (Å²) in [6.45, 7) is 6.72. The Kier molecular flexibility index (Phi) is 3.49. The van der Waals surface area contributed by atoms with E-state index in [9.17, 15) is 9.18 Å². The van der Waals surface area contributed by atoms with E-state index in [1.807, 2.05) is 20.8 Å². The van der Waals surface area contributed by atoms with Gasteiger partial charge in [0.25, 0.3) is 5.91 Å². The van der Waals surface area contributed by atoms with Crippen LogP contribution >= 0.6 is 0 Å². The molecule has 4 nitrogen and oxygen atoms in total. The van der Waals surface area contributed by atoms with Crippen LogP contribution < -0.4 is 5.73 Å². The van der Waals surface area contributed by atoms with Crippen LogP contribution in [0.4, 0.5) is 10.1 Å². The van der Waals surface area contributed by atoms with Crippen LogP contribution in [0, 0.1) is 5.82 Å². The average molecular weight is 266 g/mol. The summed E-state index contributed by atoms with van der Waals surface area (Å²) in [5.74, 6) is -0.710. The first-order chi connectivity index (χ1) is 8.78. The molecule has 0 aromatic heterocycles. The minimum atomic E-state index is -0.460. The van der Waals surface area contributed by atoms with Crippen molar-refractivity contribution in [2.45, 2.75) is 32.5 Å². The van der Waals surface area contributed by atoms with Crippen molar-refractivity contribution in [2.75, 3.05) is 18.8 Å². The predicted octanol–water partition coefficient (Wildman–Crippen LogP) is 2.05. The number of carbonyl (C=O) groups excluding carboxylic acids is 1. The molecule has 0 spiro atoms. The Hall–Kier alpha value is -1.62. The van der Waals surface area contributed by atoms with E-state index in [1.54, 1.807) is 4.90 Å². The van der Waals surface area contributed by atoms with Gasteiger partial charge in [0.1, 0.15) is 5.82 Å². The predicted molar refractivity (Wildman–Crippen MR) is 71.3 cm³/mol. The van der Waals surface area contributed by atoms with Crippen molar-refractivity contribution < 1.29 is 13.9 Å². The van der Waals surface area contributed by atoms with Crippen molar-refractivity contribution in [2.24, 2.45) is 0 Å². The first kappa shape index (κ1) is 13.8. The standard InChI is InChI=1S/C14H19FN2O2/c1-9-7-17(8-14(2,3)19-9)13(18)11-6-10(15)4-5-12(11)16/h4-6,9H,7-8,16H2,1-3H3. The largest absolute Gasteiger partial charge is 0.398 e. The SMILES string of the molecule is CC1CN(C(=O)c2cc(F)ccc2N)CC(C)(C)O1. The Morgan fingerprint density at radius 3 is 2.84 bits per heavy atom. The third-order valence-corrected chi connectivity index (χ3v) is 3.10. The van der Waals surface area contributed by atoms with Crippen molar-refractivity contribution in [3.63, 3.8) is 0 Å². The smallest absolute Gasteiger partial charge is 0.256 e. The molecule has 1 saturated heterocycles. The van der Waals surface area contributed by atoms with Gasteiger partial charge in [-0.15, -0.1) is 0 Å². The van der Waals surface area contributed by atoms with Crippen molar-refractivity contribution in [3.05, 3.63) is 29.6 Å². The molecule has 0 saturated carbocycles. The number of rotatable bonds is 1. The molecule has 5 heteroatoms. The minimum Gasteiger partial charge on any atom is -0.398 e. The van der Waals surface area contributed by atoms with Gasteiger partial charge in [-0.05, 0) is 39.0 Å². The molecule has 1 unspecified atom stereocenters. The first-order valence-electron chi connectivity index (χ1n) is 6.30. The number of morpholine rings is 1. The van der Waals surface area contributed by atoms with Gasteiger partial charge in [-0.2, -0.15) is 0 Å². The highest BCUT2D eigenvalue weighted by Gasteiger charge is 2.34. The molecule has 1 aliphatic heterocycles. The molecule has 1 atom stereocenters. The summed E-state index contributed by atoms with van der Waals surface area (Å²) >= 11 is 0. The summed E-state index contributed by atoms with van der Waals surface area (Å²) in [6.07, 6.45) is -0.0533. The highest BCUT2D eigenvalue weighted by Crippen LogP contribution is 2.24. The Balaban J connectivity index is 2.26. The van der Waals surface area contributed by atoms with Crippen molar-refractivity contribution in [3.8, 4) is 0 Å². The van der Waals surface area contributed by atoms with Crippen LogP contribution in [0.1, 0.15) is 31.1 Å². The minimum absolute atomic E-state index is 0.0533. The Labute approximate surface area is 112 Å². The third-order valence-electron chi connectivity index (χ3n) is 3.10. The second-order valence-corrected chi connectivity index (χ2v) is 5.61. The highest BCUT2D eigenvalue weighted by atomic mass is 19.1. The van der Waals surface area contributed by atoms with Crippen LogP contribution in [0.3, 0.4) is 0 Å². The maximum Gasteiger partial charge on any atom is 0.256 e. The van der Waals surface area contributed by atoms with Crippen LogP contribution in [0.5, 0.6) is 0 Å². The lowest BCUT2D eigenvalue weighted by molar-refractivity contribution is -0.118. The van der Waals surface area contributed by atoms with E-state index in [-0.39, 0.29) is 17.6 Å². The number of nitrogens with two attached hydrogens (primary N) is 1. The fraction of sp³-hybridized carbons (Fsp3) is 0.500. The van der Waals surface area contributed by atoms with Gasteiger partial charge in [0.2, 0.25) is 0 Å². The lowest BCUT2D eigenvalue weighted by atomic mass is 10.0. The van der Waals surface area contributed by atoms with E-state index >= 15 is 0 Å². The number of halogens is 1. The molecule has 1 heterocycles. The molecule has 1 aromatic rings. The number of amides is 1. The van der Waals surface area contributed by atoms with Gasteiger partial charge in [-0.3, -0.25) is 4.79 Å². The van der Waals surface area contributed by atoms with Gasteiger partial charge in [-0.1, -0.05) is 0 Å². The number of benzene rings is 1. The zero-order valence-electron chi connectivity index (χ0n) is 11.4. The summed E-state index contributed by atoms with van der Waals surface area (Å²) in [5.41, 5.74) is 5.85. The van der Waals surface area contributed by atoms with Crippen LogP contribution in [0.2, 0.25) is 0 Å². The van der Waals surface area contributed by atoms with E-state index in [0.717, 1.165) is 0 Å². The molecule has 1 amide bonds. The molecule has 2 N–H and O–H groups in total. The van der Waals surface area contributed by atoms with Crippen LogP contribution in [0.25, 0.3) is 0 Å². The van der Waals surface area contributed by atoms with Crippen molar-refractivity contribution >= 4 is 11.6 Å². The van der Waals surface area contributed by atoms with E-state index < -0.39 is 11.4 Å². The fourth-order valence-corrected chi connectivity index (χ4v) is 2.49. The van der Waals surface area contributed by atoms with Crippen LogP contribution in [-0.4, -0.2) is 35.6 Å². The molecular formula is C14H19FN2O2. The van der Waals surface area contributed by atoms with Gasteiger partial charge in [0.15, 0.2) is 0 Å². The van der Waals surface area contributed by atoms with Gasteiger partial charge < -0.3 is 15.4 Å². The number of nitrogen functional groups attached to an aromatic ring is 1. The van der Waals surface area contributed by atoms with E-state index in [1.165, 1.54) is 18.2 Å². The molecule has 0 radical (unpaired) electrons. The fourth-order valence-electron chi connectivity index (χ4n) is 2.49. The van der Waals surface area contributed by atoms with Crippen molar-refractivity contribution in [1.29, 1.82) is 0 Å². The van der Waals surface area contributed by atoms with Crippen LogP contribution in [-0.2, 0) is 4.74 Å². The van der Waals surface area contributed by atoms with E-state index in [0.29, 0.717) is 18.8 Å². The Bertz CT molecular complexity index is 502. The number of nitrogens with zero attached hydrogens (tertiary/aromatic N) is 1. The second kappa shape index (κ2) is 4.81. The maximum absolute atomic E-state index is 13.3. The topological polar surface area (TPSA) is 55.6 Å². The average Bonchev–Trinajstić information content (AvgIpc) is 2.29. The summed E-state index contributed by atoms with van der Waals surface area (Å²) < 4.78 is 19.0. The number of hydrogen-bond donors (Lipinski definition) is 1. The zero-order chi connectivity index (χ0) is 14.2. The van der Waals surface area contributed by atoms with E-state index in [4.69, 9.17) is 10.5 Å². The molecule has 1 aliphatic rings. The molecule has 0 aliphatic carbocycles. The van der Waals surface area contributed by atoms with Gasteiger partial charge in [0.05, 0.1) is 17.3 Å². The zero-order valence-corrected chi connectivity index (χ0v) is 11.4. The van der Waals surface area contributed by atoms with E-state index in [2.05, 4.69) is 0 Å². The number of anilines is 1. The van der Waals surface area contributed by atoms with Crippen LogP contribution in [0.15, 0.2) is 18.2 Å². The first-order valence-corrected chi connectivity index (χ1v) is 6.30. The maximum atomic E-state index is 13.3. The summed E-state index contributed by atoms with van der Waals surface area (Å²) in [5, 5.41) is 0. The molecule has 1 fully saturated rings. The monoisotopic (exact) mass is 266 g/mol. The Morgan fingerprint density at radius 1 is 1.53 bits per heavy atom. The number of hydrogen-bond acceptors (Lipinski definition) is 3. The molecule has 19 heavy (non-hydrogen) atoms. The van der Waals surface area contributed by atoms with Crippen molar-refractivity contribution in [1.82, 2.24) is 4.90 Å². The lowest BCUT2D eigenvalue weighted by Gasteiger charge is -2.41. The third kappa shape index (κ3) is 3.04. The number of carbonyl (C=O) groups is 1. The summed E-state index contributed by atoms with van der Waals surface area (Å²) in [4.78, 5) is 14.1. The molecule has 1 aromatic carbocycles. The molecule has 2 rings (SSSR count). The highest BCUT2D eigenvalue weighted by molar-refractivity contribution is 5.99. The van der Waals surface area contributed by atoms with Gasteiger partial charge in [0, 0.05) is 18.8 Å². The van der Waals surface area contributed by atoms with Gasteiger partial charge in [-0.25, -0.2) is 4.39 Å².